The molecule has 1 nitrogen and oxygen atoms in total. The highest BCUT2D eigenvalue weighted by Gasteiger charge is 2.15. The van der Waals surface area contributed by atoms with Gasteiger partial charge in [-0.15, -0.1) is 0 Å². The van der Waals surface area contributed by atoms with E-state index < -0.39 is 0 Å². The van der Waals surface area contributed by atoms with Crippen LogP contribution in [0.5, 0.6) is 0 Å². The maximum absolute atomic E-state index is 5.87. The Bertz CT molecular complexity index is 461. The van der Waals surface area contributed by atoms with E-state index in [9.17, 15) is 0 Å². The zero-order valence-corrected chi connectivity index (χ0v) is 11.3. The molecule has 84 valence electrons. The first kappa shape index (κ1) is 11.7. The summed E-state index contributed by atoms with van der Waals surface area (Å²) in [4.78, 5) is 0.165. The highest BCUT2D eigenvalue weighted by atomic mass is 79.9. The summed E-state index contributed by atoms with van der Waals surface area (Å²) >= 11 is 9.55. The van der Waals surface area contributed by atoms with Crippen LogP contribution in [0, 0.1) is 0 Å². The van der Waals surface area contributed by atoms with Crippen LogP contribution in [-0.2, 0) is 6.42 Å². The third-order valence-corrected chi connectivity index (χ3v) is 3.81. The minimum Gasteiger partial charge on any atom is -0.469 e. The van der Waals surface area contributed by atoms with Gasteiger partial charge in [0, 0.05) is 17.0 Å². The quantitative estimate of drug-likeness (QED) is 0.729. The average molecular weight is 300 g/mol. The molecule has 1 aromatic carbocycles. The number of furan rings is 1. The molecule has 0 saturated carbocycles. The molecule has 0 fully saturated rings. The molecule has 0 radical (unpaired) electrons. The van der Waals surface area contributed by atoms with Crippen LogP contribution in [0.1, 0.15) is 28.6 Å². The molecule has 0 N–H and O–H groups in total. The van der Waals surface area contributed by atoms with Crippen molar-refractivity contribution in [2.75, 3.05) is 0 Å². The van der Waals surface area contributed by atoms with Crippen molar-refractivity contribution in [2.24, 2.45) is 0 Å². The Labute approximate surface area is 109 Å². The molecule has 0 aliphatic heterocycles. The van der Waals surface area contributed by atoms with E-state index in [2.05, 4.69) is 22.9 Å². The summed E-state index contributed by atoms with van der Waals surface area (Å²) in [5.41, 5.74) is 2.37. The molecule has 1 unspecified atom stereocenters. The SMILES string of the molecule is CCc1occc1C(Br)c1ccc(Cl)cc1. The van der Waals surface area contributed by atoms with Gasteiger partial charge in [0.15, 0.2) is 0 Å². The molecule has 0 amide bonds. The molecular weight excluding hydrogens is 287 g/mol. The molecule has 0 bridgehead atoms. The van der Waals surface area contributed by atoms with Gasteiger partial charge in [-0.2, -0.15) is 0 Å². The van der Waals surface area contributed by atoms with Crippen molar-refractivity contribution in [1.29, 1.82) is 0 Å². The number of rotatable bonds is 3. The Morgan fingerprint density at radius 3 is 2.56 bits per heavy atom. The maximum Gasteiger partial charge on any atom is 0.108 e. The zero-order chi connectivity index (χ0) is 11.5. The van der Waals surface area contributed by atoms with Gasteiger partial charge in [-0.05, 0) is 23.8 Å². The third-order valence-electron chi connectivity index (χ3n) is 2.54. The maximum atomic E-state index is 5.87. The smallest absolute Gasteiger partial charge is 0.108 e. The number of benzene rings is 1. The van der Waals surface area contributed by atoms with Crippen LogP contribution in [0.25, 0.3) is 0 Å². The highest BCUT2D eigenvalue weighted by molar-refractivity contribution is 9.09. The molecule has 16 heavy (non-hydrogen) atoms. The fraction of sp³-hybridized carbons (Fsp3) is 0.231. The number of hydrogen-bond acceptors (Lipinski definition) is 1. The summed E-state index contributed by atoms with van der Waals surface area (Å²) < 4.78 is 5.42. The van der Waals surface area contributed by atoms with Crippen LogP contribution < -0.4 is 0 Å². The number of halogens is 2. The fourth-order valence-corrected chi connectivity index (χ4v) is 2.51. The van der Waals surface area contributed by atoms with Crippen LogP contribution in [0.2, 0.25) is 5.02 Å². The van der Waals surface area contributed by atoms with Crippen LogP contribution in [0.15, 0.2) is 41.0 Å². The first-order valence-corrected chi connectivity index (χ1v) is 6.47. The summed E-state index contributed by atoms with van der Waals surface area (Å²) in [6, 6.07) is 9.85. The molecule has 2 rings (SSSR count). The van der Waals surface area contributed by atoms with Gasteiger partial charge in [0.2, 0.25) is 0 Å². The van der Waals surface area contributed by atoms with Gasteiger partial charge in [0.05, 0.1) is 11.1 Å². The molecule has 0 aliphatic rings. The van der Waals surface area contributed by atoms with Crippen LogP contribution >= 0.6 is 27.5 Å². The van der Waals surface area contributed by atoms with E-state index in [4.69, 9.17) is 16.0 Å². The van der Waals surface area contributed by atoms with Crippen LogP contribution in [0.4, 0.5) is 0 Å². The summed E-state index contributed by atoms with van der Waals surface area (Å²) in [6.45, 7) is 2.09. The molecule has 1 heterocycles. The predicted octanol–water partition coefficient (Wildman–Crippen LogP) is 4.98. The largest absolute Gasteiger partial charge is 0.469 e. The minimum atomic E-state index is 0.165. The van der Waals surface area contributed by atoms with Crippen LogP contribution in [-0.4, -0.2) is 0 Å². The van der Waals surface area contributed by atoms with E-state index in [-0.39, 0.29) is 4.83 Å². The van der Waals surface area contributed by atoms with Gasteiger partial charge >= 0.3 is 0 Å². The number of aryl methyl sites for hydroxylation is 1. The Hall–Kier alpha value is -0.730. The van der Waals surface area contributed by atoms with Crippen molar-refractivity contribution in [3.05, 3.63) is 58.5 Å². The summed E-state index contributed by atoms with van der Waals surface area (Å²) in [7, 11) is 0. The third kappa shape index (κ3) is 2.33. The van der Waals surface area contributed by atoms with Crippen molar-refractivity contribution in [3.8, 4) is 0 Å². The Balaban J connectivity index is 2.31. The molecule has 1 atom stereocenters. The lowest BCUT2D eigenvalue weighted by Crippen LogP contribution is -1.94. The van der Waals surface area contributed by atoms with E-state index in [0.717, 1.165) is 17.2 Å². The van der Waals surface area contributed by atoms with Gasteiger partial charge in [-0.3, -0.25) is 0 Å². The molecule has 1 aromatic heterocycles. The second-order valence-corrected chi connectivity index (χ2v) is 4.92. The molecule has 2 aromatic rings. The lowest BCUT2D eigenvalue weighted by atomic mass is 10.0. The first-order chi connectivity index (χ1) is 7.72. The Kier molecular flexibility index (Phi) is 3.72. The zero-order valence-electron chi connectivity index (χ0n) is 8.91. The Morgan fingerprint density at radius 2 is 1.94 bits per heavy atom. The van der Waals surface area contributed by atoms with E-state index in [1.807, 2.05) is 30.3 Å². The normalized spacial score (nSPS) is 12.7. The molecule has 0 spiro atoms. The summed E-state index contributed by atoms with van der Waals surface area (Å²) in [5.74, 6) is 1.02. The Morgan fingerprint density at radius 1 is 1.25 bits per heavy atom. The van der Waals surface area contributed by atoms with Crippen molar-refractivity contribution in [3.63, 3.8) is 0 Å². The number of alkyl halides is 1. The van der Waals surface area contributed by atoms with E-state index in [1.54, 1.807) is 6.26 Å². The molecule has 3 heteroatoms. The fourth-order valence-electron chi connectivity index (χ4n) is 1.68. The predicted molar refractivity (Wildman–Crippen MR) is 70.3 cm³/mol. The average Bonchev–Trinajstić information content (AvgIpc) is 2.77. The van der Waals surface area contributed by atoms with Gasteiger partial charge in [-0.1, -0.05) is 46.6 Å². The molecule has 0 aliphatic carbocycles. The minimum absolute atomic E-state index is 0.165. The van der Waals surface area contributed by atoms with Gasteiger partial charge < -0.3 is 4.42 Å². The van der Waals surface area contributed by atoms with Gasteiger partial charge in [0.25, 0.3) is 0 Å². The first-order valence-electron chi connectivity index (χ1n) is 5.18. The molecular formula is C13H12BrClO. The van der Waals surface area contributed by atoms with Crippen molar-refractivity contribution in [1.82, 2.24) is 0 Å². The van der Waals surface area contributed by atoms with E-state index in [0.29, 0.717) is 0 Å². The lowest BCUT2D eigenvalue weighted by Gasteiger charge is -2.10. The van der Waals surface area contributed by atoms with Crippen molar-refractivity contribution in [2.45, 2.75) is 18.2 Å². The lowest BCUT2D eigenvalue weighted by molar-refractivity contribution is 0.512. The monoisotopic (exact) mass is 298 g/mol. The van der Waals surface area contributed by atoms with Crippen LogP contribution in [0.3, 0.4) is 0 Å². The summed E-state index contributed by atoms with van der Waals surface area (Å²) in [5, 5.41) is 0.756. The summed E-state index contributed by atoms with van der Waals surface area (Å²) in [6.07, 6.45) is 2.64. The second-order valence-electron chi connectivity index (χ2n) is 3.57. The van der Waals surface area contributed by atoms with E-state index in [1.165, 1.54) is 11.1 Å². The number of hydrogen-bond donors (Lipinski definition) is 0. The highest BCUT2D eigenvalue weighted by Crippen LogP contribution is 2.34. The molecule has 0 saturated heterocycles. The van der Waals surface area contributed by atoms with E-state index >= 15 is 0 Å². The van der Waals surface area contributed by atoms with Crippen molar-refractivity contribution >= 4 is 27.5 Å². The topological polar surface area (TPSA) is 13.1 Å². The van der Waals surface area contributed by atoms with Crippen molar-refractivity contribution < 1.29 is 4.42 Å². The second kappa shape index (κ2) is 5.07. The van der Waals surface area contributed by atoms with Gasteiger partial charge in [-0.25, -0.2) is 0 Å². The van der Waals surface area contributed by atoms with Gasteiger partial charge in [0.1, 0.15) is 5.76 Å². The standard InChI is InChI=1S/C13H12BrClO/c1-2-12-11(7-8-16-12)13(14)9-3-5-10(15)6-4-9/h3-8,13H,2H2,1H3.